The summed E-state index contributed by atoms with van der Waals surface area (Å²) in [5.41, 5.74) is 0. The van der Waals surface area contributed by atoms with Gasteiger partial charge in [-0.2, -0.15) is 0 Å². The monoisotopic (exact) mass is 254 g/mol. The molecule has 1 aromatic rings. The van der Waals surface area contributed by atoms with Gasteiger partial charge in [-0.25, -0.2) is 4.39 Å². The summed E-state index contributed by atoms with van der Waals surface area (Å²) >= 11 is 0. The smallest absolute Gasteiger partial charge is 0.148 e. The van der Waals surface area contributed by atoms with E-state index in [1.807, 2.05) is 0 Å². The van der Waals surface area contributed by atoms with Gasteiger partial charge in [-0.05, 0) is 25.0 Å². The lowest BCUT2D eigenvalue weighted by Gasteiger charge is -2.07. The fourth-order valence-electron chi connectivity index (χ4n) is 2.20. The first-order chi connectivity index (χ1) is 8.18. The van der Waals surface area contributed by atoms with Crippen molar-refractivity contribution < 1.29 is 13.4 Å². The third-order valence-corrected chi connectivity index (χ3v) is 4.53. The molecule has 2 nitrogen and oxygen atoms in total. The second-order valence-corrected chi connectivity index (χ2v) is 5.79. The lowest BCUT2D eigenvalue weighted by atomic mass is 10.0. The lowest BCUT2D eigenvalue weighted by molar-refractivity contribution is -0.120. The van der Waals surface area contributed by atoms with E-state index in [9.17, 15) is 13.4 Å². The minimum atomic E-state index is -1.55. The third-order valence-electron chi connectivity index (χ3n) is 3.17. The second kappa shape index (κ2) is 5.54. The Labute approximate surface area is 103 Å². The summed E-state index contributed by atoms with van der Waals surface area (Å²) in [4.78, 5) is 12.0. The van der Waals surface area contributed by atoms with Crippen LogP contribution in [0.5, 0.6) is 0 Å². The molecule has 0 spiro atoms. The van der Waals surface area contributed by atoms with Crippen LogP contribution in [0.25, 0.3) is 0 Å². The molecule has 0 aromatic heterocycles. The van der Waals surface area contributed by atoms with Gasteiger partial charge in [-0.3, -0.25) is 9.00 Å². The molecule has 1 aliphatic rings. The fraction of sp³-hybridized carbons (Fsp3) is 0.462. The zero-order valence-corrected chi connectivity index (χ0v) is 10.3. The highest BCUT2D eigenvalue weighted by Gasteiger charge is 2.24. The summed E-state index contributed by atoms with van der Waals surface area (Å²) in [5.74, 6) is -0.481. The van der Waals surface area contributed by atoms with Crippen LogP contribution in [0, 0.1) is 11.7 Å². The van der Waals surface area contributed by atoms with Gasteiger partial charge in [0.25, 0.3) is 0 Å². The van der Waals surface area contributed by atoms with Crippen molar-refractivity contribution in [2.75, 3.05) is 5.75 Å². The minimum Gasteiger partial charge on any atom is -0.298 e. The highest BCUT2D eigenvalue weighted by atomic mass is 32.2. The first kappa shape index (κ1) is 12.4. The molecule has 0 radical (unpaired) electrons. The molecule has 0 amide bonds. The van der Waals surface area contributed by atoms with Crippen molar-refractivity contribution >= 4 is 16.6 Å². The average Bonchev–Trinajstić information content (AvgIpc) is 2.82. The van der Waals surface area contributed by atoms with Gasteiger partial charge in [0.05, 0.1) is 21.4 Å². The van der Waals surface area contributed by atoms with E-state index >= 15 is 0 Å². The Morgan fingerprint density at radius 3 is 2.59 bits per heavy atom. The van der Waals surface area contributed by atoms with Gasteiger partial charge in [0.1, 0.15) is 11.6 Å². The van der Waals surface area contributed by atoms with Gasteiger partial charge in [0.15, 0.2) is 0 Å². The molecule has 1 saturated carbocycles. The van der Waals surface area contributed by atoms with Gasteiger partial charge in [-0.1, -0.05) is 25.0 Å². The maximum Gasteiger partial charge on any atom is 0.148 e. The summed E-state index contributed by atoms with van der Waals surface area (Å²) in [6, 6.07) is 5.94. The first-order valence-electron chi connectivity index (χ1n) is 5.84. The Kier molecular flexibility index (Phi) is 4.05. The number of carbonyl (C=O) groups is 1. The molecule has 0 bridgehead atoms. The third kappa shape index (κ3) is 3.00. The van der Waals surface area contributed by atoms with Crippen LogP contribution in [0.3, 0.4) is 0 Å². The largest absolute Gasteiger partial charge is 0.298 e. The molecule has 17 heavy (non-hydrogen) atoms. The number of carbonyl (C=O) groups excluding carboxylic acids is 1. The molecular formula is C13H15FO2S. The molecule has 0 aliphatic heterocycles. The quantitative estimate of drug-likeness (QED) is 0.828. The van der Waals surface area contributed by atoms with Crippen molar-refractivity contribution in [1.82, 2.24) is 0 Å². The molecule has 92 valence electrons. The Hall–Kier alpha value is -1.03. The number of hydrogen-bond acceptors (Lipinski definition) is 2. The number of benzene rings is 1. The molecule has 1 aliphatic carbocycles. The Morgan fingerprint density at radius 2 is 1.94 bits per heavy atom. The number of rotatable bonds is 4. The summed E-state index contributed by atoms with van der Waals surface area (Å²) in [7, 11) is -1.55. The van der Waals surface area contributed by atoms with Crippen LogP contribution in [0.4, 0.5) is 4.39 Å². The van der Waals surface area contributed by atoms with Crippen LogP contribution in [0.1, 0.15) is 25.7 Å². The van der Waals surface area contributed by atoms with Crippen LogP contribution in [-0.2, 0) is 15.6 Å². The SMILES string of the molecule is O=C(CS(=O)c1ccccc1F)C1CCCC1. The van der Waals surface area contributed by atoms with E-state index in [2.05, 4.69) is 0 Å². The normalized spacial score (nSPS) is 18.2. The van der Waals surface area contributed by atoms with Crippen LogP contribution in [-0.4, -0.2) is 15.7 Å². The van der Waals surface area contributed by atoms with E-state index in [-0.39, 0.29) is 22.3 Å². The highest BCUT2D eigenvalue weighted by molar-refractivity contribution is 7.85. The van der Waals surface area contributed by atoms with Crippen molar-refractivity contribution in [3.05, 3.63) is 30.1 Å². The maximum absolute atomic E-state index is 13.4. The van der Waals surface area contributed by atoms with E-state index in [0.29, 0.717) is 0 Å². The van der Waals surface area contributed by atoms with Gasteiger partial charge in [-0.15, -0.1) is 0 Å². The molecule has 1 unspecified atom stereocenters. The van der Waals surface area contributed by atoms with Gasteiger partial charge in [0, 0.05) is 5.92 Å². The number of ketones is 1. The molecule has 0 heterocycles. The van der Waals surface area contributed by atoms with E-state index in [1.54, 1.807) is 12.1 Å². The minimum absolute atomic E-state index is 0.0177. The van der Waals surface area contributed by atoms with Crippen LogP contribution in [0.15, 0.2) is 29.2 Å². The van der Waals surface area contributed by atoms with Crippen molar-refractivity contribution in [2.24, 2.45) is 5.92 Å². The molecule has 1 aromatic carbocycles. The molecule has 0 N–H and O–H groups in total. The van der Waals surface area contributed by atoms with Crippen LogP contribution in [0.2, 0.25) is 0 Å². The van der Waals surface area contributed by atoms with Crippen molar-refractivity contribution in [3.8, 4) is 0 Å². The highest BCUT2D eigenvalue weighted by Crippen LogP contribution is 2.26. The van der Waals surface area contributed by atoms with E-state index in [1.165, 1.54) is 12.1 Å². The maximum atomic E-state index is 13.4. The number of hydrogen-bond donors (Lipinski definition) is 0. The number of Topliss-reactive ketones (excluding diaryl/α,β-unsaturated/α-hetero) is 1. The molecule has 1 atom stereocenters. The van der Waals surface area contributed by atoms with E-state index in [4.69, 9.17) is 0 Å². The van der Waals surface area contributed by atoms with Crippen LogP contribution >= 0.6 is 0 Å². The fourth-order valence-corrected chi connectivity index (χ4v) is 3.37. The predicted octanol–water partition coefficient (Wildman–Crippen LogP) is 2.69. The van der Waals surface area contributed by atoms with E-state index in [0.717, 1.165) is 25.7 Å². The molecule has 1 fully saturated rings. The zero-order valence-electron chi connectivity index (χ0n) is 9.52. The molecular weight excluding hydrogens is 239 g/mol. The topological polar surface area (TPSA) is 34.1 Å². The Morgan fingerprint density at radius 1 is 1.29 bits per heavy atom. The lowest BCUT2D eigenvalue weighted by Crippen LogP contribution is -2.19. The van der Waals surface area contributed by atoms with Gasteiger partial charge in [0.2, 0.25) is 0 Å². The molecule has 0 saturated heterocycles. The standard InChI is InChI=1S/C13H15FO2S/c14-11-7-3-4-8-13(11)17(16)9-12(15)10-5-1-2-6-10/h3-4,7-8,10H,1-2,5-6,9H2. The Balaban J connectivity index is 2.02. The average molecular weight is 254 g/mol. The summed E-state index contributed by atoms with van der Waals surface area (Å²) in [6.07, 6.45) is 3.94. The summed E-state index contributed by atoms with van der Waals surface area (Å²) < 4.78 is 25.2. The molecule has 4 heteroatoms. The van der Waals surface area contributed by atoms with Crippen molar-refractivity contribution in [1.29, 1.82) is 0 Å². The summed E-state index contributed by atoms with van der Waals surface area (Å²) in [6.45, 7) is 0. The van der Waals surface area contributed by atoms with Gasteiger partial charge < -0.3 is 0 Å². The predicted molar refractivity (Wildman–Crippen MR) is 64.6 cm³/mol. The Bertz CT molecular complexity index is 439. The van der Waals surface area contributed by atoms with Gasteiger partial charge >= 0.3 is 0 Å². The zero-order chi connectivity index (χ0) is 12.3. The van der Waals surface area contributed by atoms with Crippen molar-refractivity contribution in [2.45, 2.75) is 30.6 Å². The van der Waals surface area contributed by atoms with Crippen LogP contribution < -0.4 is 0 Å². The van der Waals surface area contributed by atoms with E-state index < -0.39 is 16.6 Å². The number of halogens is 1. The second-order valence-electron chi connectivity index (χ2n) is 4.37. The summed E-state index contributed by atoms with van der Waals surface area (Å²) in [5, 5.41) is 0. The first-order valence-corrected chi connectivity index (χ1v) is 7.16. The van der Waals surface area contributed by atoms with Crippen molar-refractivity contribution in [3.63, 3.8) is 0 Å². The molecule has 2 rings (SSSR count).